The molecule has 0 atom stereocenters. The first-order chi connectivity index (χ1) is 17.4. The highest BCUT2D eigenvalue weighted by Crippen LogP contribution is 2.43. The molecule has 36 heavy (non-hydrogen) atoms. The highest BCUT2D eigenvalue weighted by atomic mass is 16.6. The van der Waals surface area contributed by atoms with Crippen LogP contribution in [0.25, 0.3) is 22.2 Å². The first-order valence-electron chi connectivity index (χ1n) is 12.5. The van der Waals surface area contributed by atoms with Crippen LogP contribution < -0.4 is 15.4 Å². The Hall–Kier alpha value is -3.99. The van der Waals surface area contributed by atoms with Crippen molar-refractivity contribution < 1.29 is 19.1 Å². The molecule has 0 unspecified atom stereocenters. The number of carbonyl (C=O) groups excluding carboxylic acids is 2. The van der Waals surface area contributed by atoms with E-state index in [0.29, 0.717) is 23.0 Å². The van der Waals surface area contributed by atoms with E-state index in [0.717, 1.165) is 54.3 Å². The second kappa shape index (κ2) is 9.94. The Balaban J connectivity index is 1.46. The van der Waals surface area contributed by atoms with E-state index in [1.807, 2.05) is 42.5 Å². The van der Waals surface area contributed by atoms with Crippen LogP contribution in [0, 0.1) is 11.3 Å². The lowest BCUT2D eigenvalue weighted by molar-refractivity contribution is -0.123. The number of nitriles is 1. The summed E-state index contributed by atoms with van der Waals surface area (Å²) in [5.41, 5.74) is 3.90. The van der Waals surface area contributed by atoms with Gasteiger partial charge in [-0.2, -0.15) is 5.26 Å². The van der Waals surface area contributed by atoms with Crippen molar-refractivity contribution in [2.45, 2.75) is 64.1 Å². The zero-order valence-electron chi connectivity index (χ0n) is 20.5. The van der Waals surface area contributed by atoms with E-state index < -0.39 is 6.09 Å². The number of anilines is 1. The van der Waals surface area contributed by atoms with Gasteiger partial charge in [-0.25, -0.2) is 4.79 Å². The summed E-state index contributed by atoms with van der Waals surface area (Å²) in [7, 11) is 0. The lowest BCUT2D eigenvalue weighted by atomic mass is 9.92. The first-order valence-corrected chi connectivity index (χ1v) is 12.5. The maximum Gasteiger partial charge on any atom is 0.411 e. The number of ether oxygens (including phenoxy) is 2. The number of hydrogen-bond donors (Lipinski definition) is 2. The number of nitrogens with zero attached hydrogens (tertiary/aromatic N) is 2. The zero-order chi connectivity index (χ0) is 25.2. The smallest absolute Gasteiger partial charge is 0.411 e. The van der Waals surface area contributed by atoms with Crippen molar-refractivity contribution in [1.82, 2.24) is 9.88 Å². The minimum Gasteiger partial charge on any atom is -0.484 e. The molecule has 8 nitrogen and oxygen atoms in total. The van der Waals surface area contributed by atoms with E-state index in [-0.39, 0.29) is 24.7 Å². The largest absolute Gasteiger partial charge is 0.484 e. The molecule has 0 radical (unpaired) electrons. The second-order valence-electron chi connectivity index (χ2n) is 9.76. The van der Waals surface area contributed by atoms with Crippen molar-refractivity contribution in [1.29, 1.82) is 5.26 Å². The third-order valence-corrected chi connectivity index (χ3v) is 6.59. The Morgan fingerprint density at radius 3 is 2.47 bits per heavy atom. The molecule has 5 rings (SSSR count). The number of carbonyl (C=O) groups is 2. The molecular formula is C28H30N4O4. The molecule has 1 aromatic heterocycles. The first kappa shape index (κ1) is 23.7. The number of hydrogen-bond acceptors (Lipinski definition) is 5. The summed E-state index contributed by atoms with van der Waals surface area (Å²) in [5.74, 6) is 0.488. The Morgan fingerprint density at radius 2 is 1.86 bits per heavy atom. The summed E-state index contributed by atoms with van der Waals surface area (Å²) in [4.78, 5) is 24.0. The second-order valence-corrected chi connectivity index (χ2v) is 9.76. The highest BCUT2D eigenvalue weighted by Gasteiger charge is 2.28. The van der Waals surface area contributed by atoms with Crippen molar-refractivity contribution in [3.8, 4) is 23.1 Å². The molecule has 0 spiro atoms. The van der Waals surface area contributed by atoms with Gasteiger partial charge in [0.15, 0.2) is 6.61 Å². The number of amides is 2. The van der Waals surface area contributed by atoms with Gasteiger partial charge in [0, 0.05) is 29.2 Å². The predicted octanol–water partition coefficient (Wildman–Crippen LogP) is 5.52. The molecule has 2 amide bonds. The van der Waals surface area contributed by atoms with Gasteiger partial charge in [-0.1, -0.05) is 12.1 Å². The van der Waals surface area contributed by atoms with Crippen LogP contribution in [0.5, 0.6) is 5.75 Å². The summed E-state index contributed by atoms with van der Waals surface area (Å²) >= 11 is 0. The normalized spacial score (nSPS) is 15.3. The molecule has 2 fully saturated rings. The molecule has 3 aromatic rings. The summed E-state index contributed by atoms with van der Waals surface area (Å²) in [6.07, 6.45) is 4.58. The minimum absolute atomic E-state index is 0.0299. The molecule has 0 saturated heterocycles. The zero-order valence-corrected chi connectivity index (χ0v) is 20.5. The van der Waals surface area contributed by atoms with Crippen molar-refractivity contribution in [2.24, 2.45) is 0 Å². The van der Waals surface area contributed by atoms with Gasteiger partial charge in [0.05, 0.1) is 22.9 Å². The molecule has 2 aromatic carbocycles. The summed E-state index contributed by atoms with van der Waals surface area (Å²) in [6, 6.07) is 16.1. The molecule has 0 aliphatic heterocycles. The van der Waals surface area contributed by atoms with E-state index in [4.69, 9.17) is 9.47 Å². The quantitative estimate of drug-likeness (QED) is 0.436. The van der Waals surface area contributed by atoms with Gasteiger partial charge in [-0.3, -0.25) is 10.1 Å². The Labute approximate surface area is 210 Å². The summed E-state index contributed by atoms with van der Waals surface area (Å²) in [5, 5.41) is 16.7. The van der Waals surface area contributed by atoms with Crippen LogP contribution in [0.3, 0.4) is 0 Å². The molecule has 1 heterocycles. The Morgan fingerprint density at radius 1 is 1.11 bits per heavy atom. The van der Waals surface area contributed by atoms with Gasteiger partial charge >= 0.3 is 6.09 Å². The summed E-state index contributed by atoms with van der Waals surface area (Å²) in [6.45, 7) is 3.56. The monoisotopic (exact) mass is 486 g/mol. The van der Waals surface area contributed by atoms with Gasteiger partial charge in [-0.05, 0) is 75.8 Å². The van der Waals surface area contributed by atoms with Crippen LogP contribution in [0.2, 0.25) is 0 Å². The van der Waals surface area contributed by atoms with E-state index in [1.54, 1.807) is 13.8 Å². The van der Waals surface area contributed by atoms with Crippen molar-refractivity contribution in [3.05, 3.63) is 48.0 Å². The van der Waals surface area contributed by atoms with Crippen LogP contribution in [0.4, 0.5) is 10.5 Å². The van der Waals surface area contributed by atoms with E-state index in [9.17, 15) is 14.9 Å². The number of nitrogens with one attached hydrogen (secondary N) is 2. The topological polar surface area (TPSA) is 105 Å². The fourth-order valence-corrected chi connectivity index (χ4v) is 4.52. The van der Waals surface area contributed by atoms with Crippen molar-refractivity contribution >= 4 is 28.6 Å². The molecule has 2 aliphatic rings. The standard InChI is InChI=1S/C28H30N4O4/c1-17(2)36-28(34)31-20-8-6-18(7-9-20)27-24(15-29)23-13-12-22(35-16-26(33)30-19-10-11-19)14-25(23)32(27)21-4-3-5-21/h6-9,12-14,17,19,21H,3-5,10-11,16H2,1-2H3,(H,30,33)(H,31,34). The van der Waals surface area contributed by atoms with Crippen LogP contribution in [-0.2, 0) is 9.53 Å². The van der Waals surface area contributed by atoms with Gasteiger partial charge in [0.1, 0.15) is 11.8 Å². The van der Waals surface area contributed by atoms with Crippen molar-refractivity contribution in [3.63, 3.8) is 0 Å². The fraction of sp³-hybridized carbons (Fsp3) is 0.393. The Bertz CT molecular complexity index is 1330. The third-order valence-electron chi connectivity index (χ3n) is 6.59. The average molecular weight is 487 g/mol. The molecule has 186 valence electrons. The highest BCUT2D eigenvalue weighted by molar-refractivity contribution is 5.96. The third kappa shape index (κ3) is 5.01. The van der Waals surface area contributed by atoms with Crippen LogP contribution >= 0.6 is 0 Å². The van der Waals surface area contributed by atoms with Crippen molar-refractivity contribution in [2.75, 3.05) is 11.9 Å². The lowest BCUT2D eigenvalue weighted by Crippen LogP contribution is -2.30. The maximum atomic E-state index is 12.1. The SMILES string of the molecule is CC(C)OC(=O)Nc1ccc(-c2c(C#N)c3ccc(OCC(=O)NC4CC4)cc3n2C2CCC2)cc1. The minimum atomic E-state index is -0.502. The predicted molar refractivity (Wildman–Crippen MR) is 137 cm³/mol. The molecular weight excluding hydrogens is 456 g/mol. The molecule has 2 N–H and O–H groups in total. The Kier molecular flexibility index (Phi) is 6.55. The van der Waals surface area contributed by atoms with Gasteiger partial charge in [-0.15, -0.1) is 0 Å². The van der Waals surface area contributed by atoms with Gasteiger partial charge in [0.25, 0.3) is 5.91 Å². The van der Waals surface area contributed by atoms with E-state index >= 15 is 0 Å². The van der Waals surface area contributed by atoms with Gasteiger partial charge < -0.3 is 19.4 Å². The maximum absolute atomic E-state index is 12.1. The van der Waals surface area contributed by atoms with Crippen LogP contribution in [-0.4, -0.2) is 35.3 Å². The lowest BCUT2D eigenvalue weighted by Gasteiger charge is -2.30. The summed E-state index contributed by atoms with van der Waals surface area (Å²) < 4.78 is 13.2. The van der Waals surface area contributed by atoms with Crippen LogP contribution in [0.15, 0.2) is 42.5 Å². The number of benzene rings is 2. The van der Waals surface area contributed by atoms with Gasteiger partial charge in [0.2, 0.25) is 0 Å². The molecule has 2 saturated carbocycles. The number of rotatable bonds is 8. The molecule has 0 bridgehead atoms. The average Bonchev–Trinajstić information content (AvgIpc) is 3.57. The number of aromatic nitrogens is 1. The number of fused-ring (bicyclic) bond motifs is 1. The molecule has 2 aliphatic carbocycles. The molecule has 8 heteroatoms. The van der Waals surface area contributed by atoms with Crippen LogP contribution in [0.1, 0.15) is 57.6 Å². The van der Waals surface area contributed by atoms with E-state index in [2.05, 4.69) is 21.3 Å². The van der Waals surface area contributed by atoms with E-state index in [1.165, 1.54) is 0 Å². The fourth-order valence-electron chi connectivity index (χ4n) is 4.52.